The Labute approximate surface area is 173 Å². The van der Waals surface area contributed by atoms with Crippen LogP contribution >= 0.6 is 67.6 Å². The third kappa shape index (κ3) is 7.67. The van der Waals surface area contributed by atoms with E-state index in [9.17, 15) is 0 Å². The van der Waals surface area contributed by atoms with Crippen LogP contribution in [0.1, 0.15) is 0 Å². The van der Waals surface area contributed by atoms with Crippen LogP contribution in [0.15, 0.2) is 58.3 Å². The summed E-state index contributed by atoms with van der Waals surface area (Å²) in [6, 6.07) is 15.6. The maximum absolute atomic E-state index is 5.85. The number of hydrogen-bond acceptors (Lipinski definition) is 9. The highest BCUT2D eigenvalue weighted by Crippen LogP contribution is 2.35. The van der Waals surface area contributed by atoms with Gasteiger partial charge in [0.15, 0.2) is 0 Å². The Morgan fingerprint density at radius 2 is 1.04 bits per heavy atom. The molecular weight excluding hydrogens is 433 g/mol. The van der Waals surface area contributed by atoms with Gasteiger partial charge in [-0.15, -0.1) is 0 Å². The molecule has 2 aromatic rings. The molecule has 0 amide bonds. The predicted molar refractivity (Wildman–Crippen MR) is 119 cm³/mol. The maximum Gasteiger partial charge on any atom is 0.230 e. The lowest BCUT2D eigenvalue weighted by Gasteiger charge is -2.07. The van der Waals surface area contributed by atoms with Gasteiger partial charge in [-0.3, -0.25) is 0 Å². The van der Waals surface area contributed by atoms with E-state index in [2.05, 4.69) is 0 Å². The predicted octanol–water partition coefficient (Wildman–Crippen LogP) is 6.82. The monoisotopic (exact) mass is 446 g/mol. The van der Waals surface area contributed by atoms with E-state index >= 15 is 0 Å². The fraction of sp³-hybridized carbons (Fsp3) is 0.125. The number of rotatable bonds is 6. The summed E-state index contributed by atoms with van der Waals surface area (Å²) in [6.07, 6.45) is 0. The first-order valence-corrected chi connectivity index (χ1v) is 11.9. The minimum absolute atomic E-state index is 0.507. The van der Waals surface area contributed by atoms with Crippen molar-refractivity contribution in [3.63, 3.8) is 0 Å². The van der Waals surface area contributed by atoms with Crippen LogP contribution in [0, 0.1) is 0 Å². The molecule has 132 valence electrons. The van der Waals surface area contributed by atoms with E-state index in [1.54, 1.807) is 35.8 Å². The zero-order chi connectivity index (χ0) is 18.1. The van der Waals surface area contributed by atoms with Crippen LogP contribution in [0.4, 0.5) is 0 Å². The SMILES string of the molecule is COC(=S)SSc1ccc(Oc2ccc(SSC(=S)OC)cc2)cc1. The van der Waals surface area contributed by atoms with Gasteiger partial charge in [-0.05, 0) is 116 Å². The van der Waals surface area contributed by atoms with E-state index in [0.717, 1.165) is 21.3 Å². The van der Waals surface area contributed by atoms with Crippen molar-refractivity contribution in [2.24, 2.45) is 0 Å². The Balaban J connectivity index is 1.87. The first-order valence-electron chi connectivity index (χ1n) is 6.83. The van der Waals surface area contributed by atoms with Crippen molar-refractivity contribution in [1.82, 2.24) is 0 Å². The highest BCUT2D eigenvalue weighted by atomic mass is 33.1. The Morgan fingerprint density at radius 3 is 1.36 bits per heavy atom. The average Bonchev–Trinajstić information content (AvgIpc) is 2.66. The highest BCUT2D eigenvalue weighted by Gasteiger charge is 2.03. The zero-order valence-electron chi connectivity index (χ0n) is 13.3. The van der Waals surface area contributed by atoms with Gasteiger partial charge in [0.1, 0.15) is 11.5 Å². The Kier molecular flexibility index (Phi) is 9.29. The van der Waals surface area contributed by atoms with Crippen molar-refractivity contribution < 1.29 is 14.2 Å². The Bertz CT molecular complexity index is 641. The van der Waals surface area contributed by atoms with Gasteiger partial charge in [0, 0.05) is 9.79 Å². The maximum atomic E-state index is 5.85. The number of benzene rings is 2. The van der Waals surface area contributed by atoms with Crippen molar-refractivity contribution >= 4 is 76.4 Å². The quantitative estimate of drug-likeness (QED) is 0.350. The third-order valence-corrected chi connectivity index (χ3v) is 8.36. The highest BCUT2D eigenvalue weighted by molar-refractivity contribution is 8.83. The van der Waals surface area contributed by atoms with Gasteiger partial charge in [0.05, 0.1) is 14.2 Å². The lowest BCUT2D eigenvalue weighted by Crippen LogP contribution is -1.87. The van der Waals surface area contributed by atoms with Gasteiger partial charge in [-0.1, -0.05) is 0 Å². The van der Waals surface area contributed by atoms with Crippen LogP contribution in [-0.2, 0) is 9.47 Å². The van der Waals surface area contributed by atoms with Crippen molar-refractivity contribution in [3.05, 3.63) is 48.5 Å². The van der Waals surface area contributed by atoms with E-state index < -0.39 is 0 Å². The van der Waals surface area contributed by atoms with Gasteiger partial charge in [0.2, 0.25) is 8.77 Å². The first kappa shape index (κ1) is 20.7. The summed E-state index contributed by atoms with van der Waals surface area (Å²) in [5.74, 6) is 1.55. The minimum atomic E-state index is 0.507. The molecule has 0 aromatic heterocycles. The second-order valence-corrected chi connectivity index (χ2v) is 9.90. The van der Waals surface area contributed by atoms with Crippen molar-refractivity contribution in [2.45, 2.75) is 9.79 Å². The molecule has 0 bridgehead atoms. The molecule has 2 rings (SSSR count). The fourth-order valence-electron chi connectivity index (χ4n) is 1.49. The normalized spacial score (nSPS) is 10.2. The molecule has 3 nitrogen and oxygen atoms in total. The Hall–Kier alpha value is -0.580. The molecule has 0 aliphatic carbocycles. The third-order valence-electron chi connectivity index (χ3n) is 2.63. The molecular formula is C16H14O3S6. The molecule has 0 aliphatic heterocycles. The summed E-state index contributed by atoms with van der Waals surface area (Å²) in [6.45, 7) is 0. The molecule has 0 unspecified atom stereocenters. The Morgan fingerprint density at radius 1 is 0.680 bits per heavy atom. The molecule has 0 spiro atoms. The average molecular weight is 447 g/mol. The lowest BCUT2D eigenvalue weighted by atomic mass is 10.3. The largest absolute Gasteiger partial charge is 0.481 e. The van der Waals surface area contributed by atoms with E-state index in [1.165, 1.54) is 21.6 Å². The molecule has 0 heterocycles. The van der Waals surface area contributed by atoms with Gasteiger partial charge >= 0.3 is 0 Å². The van der Waals surface area contributed by atoms with Crippen LogP contribution in [0.2, 0.25) is 0 Å². The second kappa shape index (κ2) is 11.2. The zero-order valence-corrected chi connectivity index (χ0v) is 18.2. The second-order valence-electron chi connectivity index (χ2n) is 4.29. The summed E-state index contributed by atoms with van der Waals surface area (Å²) in [4.78, 5) is 2.16. The molecule has 0 atom stereocenters. The van der Waals surface area contributed by atoms with Crippen molar-refractivity contribution in [3.8, 4) is 11.5 Å². The standard InChI is InChI=1S/C16H14O3S6/c1-17-15(20)24-22-13-7-3-11(4-8-13)19-12-5-9-14(10-6-12)23-25-16(21)18-2/h3-10H,1-2H3. The van der Waals surface area contributed by atoms with Crippen molar-refractivity contribution in [2.75, 3.05) is 14.2 Å². The van der Waals surface area contributed by atoms with E-state index in [-0.39, 0.29) is 0 Å². The molecule has 0 fully saturated rings. The number of methoxy groups -OCH3 is 2. The summed E-state index contributed by atoms with van der Waals surface area (Å²) in [5.41, 5.74) is 0. The van der Waals surface area contributed by atoms with Crippen LogP contribution < -0.4 is 4.74 Å². The molecule has 0 radical (unpaired) electrons. The van der Waals surface area contributed by atoms with E-state index in [4.69, 9.17) is 38.6 Å². The van der Waals surface area contributed by atoms with E-state index in [0.29, 0.717) is 8.77 Å². The fourth-order valence-corrected chi connectivity index (χ4v) is 5.13. The molecule has 2 aromatic carbocycles. The van der Waals surface area contributed by atoms with Crippen LogP contribution in [0.5, 0.6) is 11.5 Å². The number of ether oxygens (including phenoxy) is 3. The minimum Gasteiger partial charge on any atom is -0.481 e. The number of hydrogen-bond donors (Lipinski definition) is 0. The molecule has 9 heteroatoms. The van der Waals surface area contributed by atoms with Crippen LogP contribution in [0.3, 0.4) is 0 Å². The van der Waals surface area contributed by atoms with Crippen molar-refractivity contribution in [1.29, 1.82) is 0 Å². The molecule has 0 saturated heterocycles. The van der Waals surface area contributed by atoms with Gasteiger partial charge in [0.25, 0.3) is 0 Å². The molecule has 0 saturated carbocycles. The molecule has 0 N–H and O–H groups in total. The van der Waals surface area contributed by atoms with E-state index in [1.807, 2.05) is 48.5 Å². The summed E-state index contributed by atoms with van der Waals surface area (Å²) in [5, 5.41) is 0. The summed E-state index contributed by atoms with van der Waals surface area (Å²) < 4.78 is 16.8. The first-order chi connectivity index (χ1) is 12.1. The lowest BCUT2D eigenvalue weighted by molar-refractivity contribution is 0.426. The van der Waals surface area contributed by atoms with Gasteiger partial charge in [-0.2, -0.15) is 0 Å². The van der Waals surface area contributed by atoms with Gasteiger partial charge in [-0.25, -0.2) is 0 Å². The smallest absolute Gasteiger partial charge is 0.230 e. The van der Waals surface area contributed by atoms with Gasteiger partial charge < -0.3 is 14.2 Å². The van der Waals surface area contributed by atoms with Crippen LogP contribution in [-0.4, -0.2) is 23.0 Å². The van der Waals surface area contributed by atoms with Crippen LogP contribution in [0.25, 0.3) is 0 Å². The summed E-state index contributed by atoms with van der Waals surface area (Å²) in [7, 11) is 9.06. The topological polar surface area (TPSA) is 27.7 Å². The molecule has 25 heavy (non-hydrogen) atoms. The number of thiocarbonyl (C=S) groups is 2. The summed E-state index contributed by atoms with van der Waals surface area (Å²) >= 11 is 9.99. The molecule has 0 aliphatic rings.